The van der Waals surface area contributed by atoms with Crippen LogP contribution in [0.1, 0.15) is 12.0 Å². The van der Waals surface area contributed by atoms with Gasteiger partial charge in [0, 0.05) is 6.04 Å². The molecule has 2 N–H and O–H groups in total. The van der Waals surface area contributed by atoms with Gasteiger partial charge in [0.25, 0.3) is 0 Å². The minimum atomic E-state index is -0.368. The van der Waals surface area contributed by atoms with Gasteiger partial charge in [0.1, 0.15) is 0 Å². The van der Waals surface area contributed by atoms with Crippen LogP contribution in [0.2, 0.25) is 0 Å². The van der Waals surface area contributed by atoms with Gasteiger partial charge in [0.2, 0.25) is 0 Å². The standard InChI is InChI=1S/C13H19NO/c1-3-7-13(15)12(14-2)10-11-8-5-4-6-9-11/h3-6,8-9,12-15H,1,7,10H2,2H3/t12-,13+/m0/s1. The van der Waals surface area contributed by atoms with Gasteiger partial charge in [-0.15, -0.1) is 6.58 Å². The summed E-state index contributed by atoms with van der Waals surface area (Å²) in [6.45, 7) is 3.64. The predicted octanol–water partition coefficient (Wildman–Crippen LogP) is 1.75. The first kappa shape index (κ1) is 12.0. The number of aliphatic hydroxyl groups excluding tert-OH is 1. The van der Waals surface area contributed by atoms with Crippen LogP contribution >= 0.6 is 0 Å². The van der Waals surface area contributed by atoms with Crippen LogP contribution in [0.15, 0.2) is 43.0 Å². The van der Waals surface area contributed by atoms with E-state index in [-0.39, 0.29) is 12.1 Å². The highest BCUT2D eigenvalue weighted by atomic mass is 16.3. The SMILES string of the molecule is C=CC[C@@H](O)[C@H](Cc1ccccc1)NC. The highest BCUT2D eigenvalue weighted by Gasteiger charge is 2.15. The molecule has 2 nitrogen and oxygen atoms in total. The van der Waals surface area contributed by atoms with Gasteiger partial charge >= 0.3 is 0 Å². The van der Waals surface area contributed by atoms with E-state index in [1.165, 1.54) is 5.56 Å². The molecule has 0 radical (unpaired) electrons. The Morgan fingerprint density at radius 1 is 1.40 bits per heavy atom. The number of nitrogens with one attached hydrogen (secondary N) is 1. The number of benzene rings is 1. The van der Waals surface area contributed by atoms with Crippen molar-refractivity contribution in [2.24, 2.45) is 0 Å². The van der Waals surface area contributed by atoms with E-state index in [0.29, 0.717) is 6.42 Å². The van der Waals surface area contributed by atoms with Crippen LogP contribution < -0.4 is 5.32 Å². The Morgan fingerprint density at radius 3 is 2.60 bits per heavy atom. The molecule has 0 saturated carbocycles. The molecule has 0 heterocycles. The number of aliphatic hydroxyl groups is 1. The maximum absolute atomic E-state index is 9.84. The van der Waals surface area contributed by atoms with Crippen molar-refractivity contribution in [2.45, 2.75) is 25.0 Å². The molecule has 0 bridgehead atoms. The van der Waals surface area contributed by atoms with E-state index in [1.807, 2.05) is 25.2 Å². The summed E-state index contributed by atoms with van der Waals surface area (Å²) in [5.74, 6) is 0. The van der Waals surface area contributed by atoms with E-state index >= 15 is 0 Å². The van der Waals surface area contributed by atoms with Gasteiger partial charge in [-0.3, -0.25) is 0 Å². The Hall–Kier alpha value is -1.12. The second-order valence-corrected chi connectivity index (χ2v) is 3.68. The molecule has 1 aromatic rings. The van der Waals surface area contributed by atoms with E-state index in [9.17, 15) is 5.11 Å². The van der Waals surface area contributed by atoms with E-state index in [4.69, 9.17) is 0 Å². The van der Waals surface area contributed by atoms with Crippen molar-refractivity contribution in [3.05, 3.63) is 48.6 Å². The Balaban J connectivity index is 2.57. The lowest BCUT2D eigenvalue weighted by molar-refractivity contribution is 0.133. The zero-order valence-electron chi connectivity index (χ0n) is 9.19. The number of likely N-dealkylation sites (N-methyl/N-ethyl adjacent to an activating group) is 1. The highest BCUT2D eigenvalue weighted by Crippen LogP contribution is 2.08. The molecule has 0 saturated heterocycles. The first-order valence-corrected chi connectivity index (χ1v) is 5.28. The summed E-state index contributed by atoms with van der Waals surface area (Å²) < 4.78 is 0. The molecule has 2 heteroatoms. The normalized spacial score (nSPS) is 14.5. The van der Waals surface area contributed by atoms with Crippen LogP contribution in [0.4, 0.5) is 0 Å². The van der Waals surface area contributed by atoms with Crippen molar-refractivity contribution in [3.8, 4) is 0 Å². The molecule has 0 aliphatic rings. The van der Waals surface area contributed by atoms with Crippen LogP contribution in [-0.4, -0.2) is 24.3 Å². The van der Waals surface area contributed by atoms with Gasteiger partial charge in [0.15, 0.2) is 0 Å². The third kappa shape index (κ3) is 3.86. The second kappa shape index (κ2) is 6.38. The minimum absolute atomic E-state index is 0.0883. The monoisotopic (exact) mass is 205 g/mol. The summed E-state index contributed by atoms with van der Waals surface area (Å²) in [6.07, 6.45) is 2.85. The lowest BCUT2D eigenvalue weighted by Crippen LogP contribution is -2.39. The Labute approximate surface area is 91.6 Å². The van der Waals surface area contributed by atoms with Crippen LogP contribution in [0, 0.1) is 0 Å². The van der Waals surface area contributed by atoms with Gasteiger partial charge < -0.3 is 10.4 Å². The minimum Gasteiger partial charge on any atom is -0.391 e. The summed E-state index contributed by atoms with van der Waals surface area (Å²) in [6, 6.07) is 10.3. The average molecular weight is 205 g/mol. The summed E-state index contributed by atoms with van der Waals surface area (Å²) in [4.78, 5) is 0. The molecule has 0 aliphatic heterocycles. The van der Waals surface area contributed by atoms with Crippen molar-refractivity contribution in [3.63, 3.8) is 0 Å². The molecule has 0 unspecified atom stereocenters. The predicted molar refractivity (Wildman–Crippen MR) is 63.8 cm³/mol. The smallest absolute Gasteiger partial charge is 0.0730 e. The van der Waals surface area contributed by atoms with Crippen molar-refractivity contribution >= 4 is 0 Å². The van der Waals surface area contributed by atoms with Crippen LogP contribution in [-0.2, 0) is 6.42 Å². The van der Waals surface area contributed by atoms with E-state index in [2.05, 4.69) is 24.0 Å². The molecule has 0 spiro atoms. The molecule has 82 valence electrons. The number of hydrogen-bond acceptors (Lipinski definition) is 2. The van der Waals surface area contributed by atoms with Gasteiger partial charge in [-0.1, -0.05) is 36.4 Å². The maximum Gasteiger partial charge on any atom is 0.0730 e. The van der Waals surface area contributed by atoms with Crippen molar-refractivity contribution in [2.75, 3.05) is 7.05 Å². The van der Waals surface area contributed by atoms with Gasteiger partial charge in [-0.2, -0.15) is 0 Å². The van der Waals surface area contributed by atoms with E-state index < -0.39 is 0 Å². The topological polar surface area (TPSA) is 32.3 Å². The van der Waals surface area contributed by atoms with Gasteiger partial charge in [-0.05, 0) is 25.5 Å². The highest BCUT2D eigenvalue weighted by molar-refractivity contribution is 5.16. The molecule has 2 atom stereocenters. The Morgan fingerprint density at radius 2 is 2.07 bits per heavy atom. The number of hydrogen-bond donors (Lipinski definition) is 2. The summed E-state index contributed by atoms with van der Waals surface area (Å²) in [7, 11) is 1.87. The molecule has 0 fully saturated rings. The van der Waals surface area contributed by atoms with Gasteiger partial charge in [0.05, 0.1) is 6.10 Å². The number of rotatable bonds is 6. The lowest BCUT2D eigenvalue weighted by atomic mass is 9.99. The zero-order chi connectivity index (χ0) is 11.1. The molecule has 0 aliphatic carbocycles. The zero-order valence-corrected chi connectivity index (χ0v) is 9.19. The third-order valence-corrected chi connectivity index (χ3v) is 2.54. The summed E-state index contributed by atoms with van der Waals surface area (Å²) >= 11 is 0. The summed E-state index contributed by atoms with van der Waals surface area (Å²) in [5.41, 5.74) is 1.24. The molecular formula is C13H19NO. The van der Waals surface area contributed by atoms with E-state index in [0.717, 1.165) is 6.42 Å². The fourth-order valence-electron chi connectivity index (χ4n) is 1.63. The van der Waals surface area contributed by atoms with Crippen molar-refractivity contribution in [1.29, 1.82) is 0 Å². The van der Waals surface area contributed by atoms with Crippen molar-refractivity contribution in [1.82, 2.24) is 5.32 Å². The van der Waals surface area contributed by atoms with Crippen LogP contribution in [0.3, 0.4) is 0 Å². The second-order valence-electron chi connectivity index (χ2n) is 3.68. The first-order chi connectivity index (χ1) is 7.27. The third-order valence-electron chi connectivity index (χ3n) is 2.54. The Kier molecular flexibility index (Phi) is 5.08. The van der Waals surface area contributed by atoms with Crippen LogP contribution in [0.5, 0.6) is 0 Å². The molecule has 1 rings (SSSR count). The molecule has 15 heavy (non-hydrogen) atoms. The average Bonchev–Trinajstić information content (AvgIpc) is 2.27. The van der Waals surface area contributed by atoms with E-state index in [1.54, 1.807) is 6.08 Å². The first-order valence-electron chi connectivity index (χ1n) is 5.28. The maximum atomic E-state index is 9.84. The van der Waals surface area contributed by atoms with Crippen LogP contribution in [0.25, 0.3) is 0 Å². The molecule has 0 aromatic heterocycles. The van der Waals surface area contributed by atoms with Gasteiger partial charge in [-0.25, -0.2) is 0 Å². The fraction of sp³-hybridized carbons (Fsp3) is 0.385. The van der Waals surface area contributed by atoms with Crippen molar-refractivity contribution < 1.29 is 5.11 Å². The summed E-state index contributed by atoms with van der Waals surface area (Å²) in [5, 5.41) is 13.0. The quantitative estimate of drug-likeness (QED) is 0.693. The largest absolute Gasteiger partial charge is 0.391 e. The molecule has 0 amide bonds. The molecule has 1 aromatic carbocycles. The lowest BCUT2D eigenvalue weighted by Gasteiger charge is -2.21. The Bertz CT molecular complexity index is 284. The molecular weight excluding hydrogens is 186 g/mol. The fourth-order valence-corrected chi connectivity index (χ4v) is 1.63.